The number of nitrogens with zero attached hydrogens (tertiary/aromatic N) is 4. The normalized spacial score (nSPS) is 14.0. The molecule has 1 aromatic carbocycles. The van der Waals surface area contributed by atoms with E-state index in [9.17, 15) is 4.79 Å². The Balaban J connectivity index is 1.42. The van der Waals surface area contributed by atoms with Gasteiger partial charge in [-0.05, 0) is 29.8 Å². The highest BCUT2D eigenvalue weighted by Gasteiger charge is 2.23. The van der Waals surface area contributed by atoms with Gasteiger partial charge in [-0.15, -0.1) is 0 Å². The Labute approximate surface area is 223 Å². The number of aromatic amines is 1. The maximum absolute atomic E-state index is 12.0. The highest BCUT2D eigenvalue weighted by Crippen LogP contribution is 2.37. The second-order valence-corrected chi connectivity index (χ2v) is 9.08. The third kappa shape index (κ3) is 4.81. The van der Waals surface area contributed by atoms with Crippen LogP contribution in [0.4, 0.5) is 11.6 Å². The van der Waals surface area contributed by atoms with E-state index >= 15 is 0 Å². The molecular formula is C27H27N7O5. The first-order valence-electron chi connectivity index (χ1n) is 12.6. The molecule has 0 unspecified atom stereocenters. The van der Waals surface area contributed by atoms with E-state index in [1.807, 2.05) is 31.3 Å². The van der Waals surface area contributed by atoms with Crippen molar-refractivity contribution in [2.24, 2.45) is 0 Å². The number of rotatable bonds is 7. The van der Waals surface area contributed by atoms with Gasteiger partial charge in [0.15, 0.2) is 11.5 Å². The van der Waals surface area contributed by atoms with Gasteiger partial charge in [-0.1, -0.05) is 6.07 Å². The summed E-state index contributed by atoms with van der Waals surface area (Å²) >= 11 is 0. The van der Waals surface area contributed by atoms with E-state index < -0.39 is 0 Å². The molecule has 0 bridgehead atoms. The van der Waals surface area contributed by atoms with Crippen molar-refractivity contribution in [3.63, 3.8) is 0 Å². The summed E-state index contributed by atoms with van der Waals surface area (Å²) in [5, 5.41) is 6.47. The third-order valence-corrected chi connectivity index (χ3v) is 6.51. The molecule has 0 saturated carbocycles. The van der Waals surface area contributed by atoms with Crippen molar-refractivity contribution in [2.75, 3.05) is 32.7 Å². The third-order valence-electron chi connectivity index (χ3n) is 6.51. The number of ether oxygens (including phenoxy) is 3. The van der Waals surface area contributed by atoms with E-state index in [2.05, 4.69) is 25.6 Å². The van der Waals surface area contributed by atoms with Crippen LogP contribution in [-0.4, -0.2) is 64.3 Å². The van der Waals surface area contributed by atoms with Crippen LogP contribution in [0.3, 0.4) is 0 Å². The molecular weight excluding hydrogens is 502 g/mol. The average molecular weight is 530 g/mol. The number of hydrogen-bond acceptors (Lipinski definition) is 10. The lowest BCUT2D eigenvalue weighted by Gasteiger charge is -2.23. The SMILES string of the molecule is CNC(=O)c1ccc(Nc2nc(OC3CCOCC3)c3c(-c4ccc5nc(C)oc5c4)c[nH]c3n2)c(OC)n1. The molecule has 12 nitrogen and oxygen atoms in total. The van der Waals surface area contributed by atoms with Crippen LogP contribution in [0.2, 0.25) is 0 Å². The maximum Gasteiger partial charge on any atom is 0.269 e. The summed E-state index contributed by atoms with van der Waals surface area (Å²) in [4.78, 5) is 33.4. The number of pyridine rings is 1. The minimum absolute atomic E-state index is 0.0464. The van der Waals surface area contributed by atoms with E-state index in [0.717, 1.165) is 34.9 Å². The molecule has 0 atom stereocenters. The number of aryl methyl sites for hydroxylation is 1. The van der Waals surface area contributed by atoms with Gasteiger partial charge in [0.25, 0.3) is 5.91 Å². The Kier molecular flexibility index (Phi) is 6.45. The molecule has 1 aliphatic rings. The van der Waals surface area contributed by atoms with Gasteiger partial charge >= 0.3 is 0 Å². The van der Waals surface area contributed by atoms with Crippen molar-refractivity contribution < 1.29 is 23.4 Å². The minimum atomic E-state index is -0.317. The minimum Gasteiger partial charge on any atom is -0.479 e. The van der Waals surface area contributed by atoms with Crippen molar-refractivity contribution in [1.82, 2.24) is 30.2 Å². The Morgan fingerprint density at radius 2 is 1.92 bits per heavy atom. The molecule has 200 valence electrons. The van der Waals surface area contributed by atoms with Crippen molar-refractivity contribution in [1.29, 1.82) is 0 Å². The largest absolute Gasteiger partial charge is 0.479 e. The molecule has 6 rings (SSSR count). The number of methoxy groups -OCH3 is 1. The van der Waals surface area contributed by atoms with Crippen molar-refractivity contribution in [2.45, 2.75) is 25.9 Å². The maximum atomic E-state index is 12.0. The topological polar surface area (TPSA) is 149 Å². The van der Waals surface area contributed by atoms with Gasteiger partial charge in [-0.3, -0.25) is 4.79 Å². The Hall–Kier alpha value is -4.71. The van der Waals surface area contributed by atoms with Crippen LogP contribution in [0.25, 0.3) is 33.3 Å². The van der Waals surface area contributed by atoms with Crippen LogP contribution < -0.4 is 20.1 Å². The van der Waals surface area contributed by atoms with E-state index in [1.165, 1.54) is 7.11 Å². The van der Waals surface area contributed by atoms with Gasteiger partial charge in [0.1, 0.15) is 28.6 Å². The molecule has 1 saturated heterocycles. The summed E-state index contributed by atoms with van der Waals surface area (Å²) in [5.41, 5.74) is 4.61. The van der Waals surface area contributed by atoms with Gasteiger partial charge in [0, 0.05) is 38.6 Å². The fourth-order valence-corrected chi connectivity index (χ4v) is 4.59. The molecule has 1 amide bonds. The van der Waals surface area contributed by atoms with Crippen LogP contribution in [0.15, 0.2) is 40.9 Å². The van der Waals surface area contributed by atoms with Crippen molar-refractivity contribution in [3.05, 3.63) is 48.1 Å². The predicted octanol–water partition coefficient (Wildman–Crippen LogP) is 4.14. The quantitative estimate of drug-likeness (QED) is 0.281. The molecule has 0 aliphatic carbocycles. The summed E-state index contributed by atoms with van der Waals surface area (Å²) in [6.45, 7) is 3.09. The first-order valence-corrected chi connectivity index (χ1v) is 12.6. The molecule has 4 aromatic heterocycles. The first-order chi connectivity index (χ1) is 19.0. The number of aromatic nitrogens is 5. The van der Waals surface area contributed by atoms with Crippen LogP contribution in [0.5, 0.6) is 11.8 Å². The molecule has 5 heterocycles. The van der Waals surface area contributed by atoms with Crippen LogP contribution in [-0.2, 0) is 4.74 Å². The van der Waals surface area contributed by atoms with Gasteiger partial charge in [0.2, 0.25) is 17.7 Å². The van der Waals surface area contributed by atoms with Crippen molar-refractivity contribution >= 4 is 39.7 Å². The summed E-state index contributed by atoms with van der Waals surface area (Å²) < 4.78 is 23.1. The number of amides is 1. The Morgan fingerprint density at radius 3 is 2.72 bits per heavy atom. The highest BCUT2D eigenvalue weighted by molar-refractivity contribution is 5.99. The smallest absolute Gasteiger partial charge is 0.269 e. The second kappa shape index (κ2) is 10.2. The molecule has 0 spiro atoms. The van der Waals surface area contributed by atoms with E-state index in [4.69, 9.17) is 28.6 Å². The highest BCUT2D eigenvalue weighted by atomic mass is 16.5. The Morgan fingerprint density at radius 1 is 1.08 bits per heavy atom. The standard InChI is InChI=1S/C27H27N7O5/c1-14-30-18-5-4-15(12-21(18)38-14)17-13-29-23-22(17)26(39-16-8-10-37-11-9-16)34-27(33-23)32-20-7-6-19(24(35)28-2)31-25(20)36-3/h4-7,12-13,16H,8-11H2,1-3H3,(H,28,35)(H2,29,32,33,34). The van der Waals surface area contributed by atoms with Crippen LogP contribution in [0.1, 0.15) is 29.2 Å². The number of fused-ring (bicyclic) bond motifs is 2. The molecule has 39 heavy (non-hydrogen) atoms. The number of nitrogens with one attached hydrogen (secondary N) is 3. The number of oxazole rings is 1. The molecule has 5 aromatic rings. The number of carbonyl (C=O) groups is 1. The monoisotopic (exact) mass is 529 g/mol. The van der Waals surface area contributed by atoms with Gasteiger partial charge in [-0.25, -0.2) is 9.97 Å². The number of anilines is 2. The molecule has 1 aliphatic heterocycles. The molecule has 0 radical (unpaired) electrons. The fourth-order valence-electron chi connectivity index (χ4n) is 4.59. The van der Waals surface area contributed by atoms with Gasteiger partial charge in [-0.2, -0.15) is 9.97 Å². The zero-order valence-electron chi connectivity index (χ0n) is 21.7. The first kappa shape index (κ1) is 24.6. The molecule has 3 N–H and O–H groups in total. The van der Waals surface area contributed by atoms with E-state index in [0.29, 0.717) is 41.9 Å². The number of carbonyl (C=O) groups excluding carboxylic acids is 1. The lowest BCUT2D eigenvalue weighted by atomic mass is 10.1. The lowest BCUT2D eigenvalue weighted by Crippen LogP contribution is -2.26. The van der Waals surface area contributed by atoms with Crippen LogP contribution >= 0.6 is 0 Å². The zero-order chi connectivity index (χ0) is 26.9. The zero-order valence-corrected chi connectivity index (χ0v) is 21.7. The van der Waals surface area contributed by atoms with Gasteiger partial charge in [0.05, 0.1) is 25.7 Å². The van der Waals surface area contributed by atoms with Crippen LogP contribution in [0, 0.1) is 6.92 Å². The van der Waals surface area contributed by atoms with E-state index in [-0.39, 0.29) is 29.5 Å². The van der Waals surface area contributed by atoms with E-state index in [1.54, 1.807) is 19.2 Å². The summed E-state index contributed by atoms with van der Waals surface area (Å²) in [7, 11) is 3.02. The predicted molar refractivity (Wildman–Crippen MR) is 144 cm³/mol. The summed E-state index contributed by atoms with van der Waals surface area (Å²) in [6.07, 6.45) is 3.35. The van der Waals surface area contributed by atoms with Gasteiger partial charge < -0.3 is 34.2 Å². The number of benzene rings is 1. The Bertz CT molecular complexity index is 1670. The molecule has 1 fully saturated rings. The van der Waals surface area contributed by atoms with Crippen molar-refractivity contribution in [3.8, 4) is 22.9 Å². The summed E-state index contributed by atoms with van der Waals surface area (Å²) in [5.74, 6) is 1.24. The lowest BCUT2D eigenvalue weighted by molar-refractivity contribution is 0.0244. The second-order valence-electron chi connectivity index (χ2n) is 9.08. The summed E-state index contributed by atoms with van der Waals surface area (Å²) in [6, 6.07) is 9.15. The molecule has 12 heteroatoms. The number of hydrogen-bond donors (Lipinski definition) is 3. The number of H-pyrrole nitrogens is 1. The average Bonchev–Trinajstić information content (AvgIpc) is 3.55. The fraction of sp³-hybridized carbons (Fsp3) is 0.296.